The molecule has 38 heavy (non-hydrogen) atoms. The Kier molecular flexibility index (Phi) is 4.47. The van der Waals surface area contributed by atoms with E-state index >= 15 is 0 Å². The van der Waals surface area contributed by atoms with Gasteiger partial charge in [-0.15, -0.1) is 0 Å². The summed E-state index contributed by atoms with van der Waals surface area (Å²) in [6, 6.07) is 23.2. The third kappa shape index (κ3) is 2.67. The van der Waals surface area contributed by atoms with Crippen LogP contribution in [0.1, 0.15) is 59.8 Å². The summed E-state index contributed by atoms with van der Waals surface area (Å²) in [5.74, 6) is -2.24. The fourth-order valence-corrected chi connectivity index (χ4v) is 8.10. The van der Waals surface area contributed by atoms with E-state index in [1.807, 2.05) is 24.3 Å². The summed E-state index contributed by atoms with van der Waals surface area (Å²) in [6.07, 6.45) is 3.47. The van der Waals surface area contributed by atoms with E-state index in [4.69, 9.17) is 0 Å². The summed E-state index contributed by atoms with van der Waals surface area (Å²) in [5, 5.41) is 0. The number of fused-ring (bicyclic) bond motifs is 1. The third-order valence-corrected chi connectivity index (χ3v) is 9.66. The van der Waals surface area contributed by atoms with Gasteiger partial charge in [0, 0.05) is 11.8 Å². The van der Waals surface area contributed by atoms with E-state index in [0.29, 0.717) is 11.4 Å². The van der Waals surface area contributed by atoms with Crippen LogP contribution in [0.25, 0.3) is 0 Å². The molecule has 2 heterocycles. The van der Waals surface area contributed by atoms with Crippen molar-refractivity contribution in [3.63, 3.8) is 0 Å². The van der Waals surface area contributed by atoms with Gasteiger partial charge in [0.25, 0.3) is 0 Å². The van der Waals surface area contributed by atoms with Crippen molar-refractivity contribution in [2.45, 2.75) is 37.5 Å². The number of anilines is 2. The van der Waals surface area contributed by atoms with Crippen LogP contribution in [0.15, 0.2) is 72.8 Å². The van der Waals surface area contributed by atoms with Gasteiger partial charge in [0.2, 0.25) is 23.6 Å². The number of nitrogens with zero attached hydrogens (tertiary/aromatic N) is 2. The molecule has 0 N–H and O–H groups in total. The summed E-state index contributed by atoms with van der Waals surface area (Å²) >= 11 is 0. The zero-order valence-electron chi connectivity index (χ0n) is 20.7. The minimum Gasteiger partial charge on any atom is -0.274 e. The molecule has 2 saturated heterocycles. The summed E-state index contributed by atoms with van der Waals surface area (Å²) in [6.45, 7) is 0. The monoisotopic (exact) mass is 502 g/mol. The maximum Gasteiger partial charge on any atom is 0.238 e. The van der Waals surface area contributed by atoms with Crippen molar-refractivity contribution in [2.75, 3.05) is 9.80 Å². The van der Waals surface area contributed by atoms with E-state index in [9.17, 15) is 19.2 Å². The molecular weight excluding hydrogens is 476 g/mol. The predicted molar refractivity (Wildman–Crippen MR) is 140 cm³/mol. The summed E-state index contributed by atoms with van der Waals surface area (Å²) < 4.78 is 0. The van der Waals surface area contributed by atoms with E-state index in [0.717, 1.165) is 47.9 Å². The van der Waals surface area contributed by atoms with Gasteiger partial charge in [0.15, 0.2) is 0 Å². The first-order valence-corrected chi connectivity index (χ1v) is 13.6. The quantitative estimate of drug-likeness (QED) is 0.474. The van der Waals surface area contributed by atoms with Gasteiger partial charge < -0.3 is 0 Å². The van der Waals surface area contributed by atoms with Gasteiger partial charge >= 0.3 is 0 Å². The van der Waals surface area contributed by atoms with Gasteiger partial charge in [-0.2, -0.15) is 0 Å². The van der Waals surface area contributed by atoms with Crippen molar-refractivity contribution < 1.29 is 19.2 Å². The van der Waals surface area contributed by atoms with Crippen molar-refractivity contribution in [1.82, 2.24) is 0 Å². The van der Waals surface area contributed by atoms with Crippen molar-refractivity contribution >= 4 is 35.0 Å². The van der Waals surface area contributed by atoms with Crippen LogP contribution in [-0.4, -0.2) is 23.6 Å². The Hall–Kier alpha value is -4.06. The van der Waals surface area contributed by atoms with E-state index in [2.05, 4.69) is 24.3 Å². The van der Waals surface area contributed by atoms with Gasteiger partial charge in [-0.25, -0.2) is 4.90 Å². The minimum absolute atomic E-state index is 0.126. The molecular formula is C32H26N2O4. The largest absolute Gasteiger partial charge is 0.274 e. The number of carbonyl (C=O) groups excluding carboxylic acids is 4. The number of amides is 4. The molecule has 0 unspecified atom stereocenters. The molecule has 3 aromatic rings. The highest BCUT2D eigenvalue weighted by Gasteiger charge is 2.61. The van der Waals surface area contributed by atoms with Crippen LogP contribution in [0.4, 0.5) is 11.4 Å². The van der Waals surface area contributed by atoms with Crippen molar-refractivity contribution in [3.05, 3.63) is 95.1 Å². The fraction of sp³-hybridized carbons (Fsp3) is 0.312. The number of rotatable bonds is 2. The number of hydrogen-bond donors (Lipinski definition) is 0. The summed E-state index contributed by atoms with van der Waals surface area (Å²) in [7, 11) is 0. The molecule has 0 spiro atoms. The van der Waals surface area contributed by atoms with E-state index in [1.165, 1.54) is 9.80 Å². The zero-order valence-corrected chi connectivity index (χ0v) is 20.7. The van der Waals surface area contributed by atoms with E-state index in [-0.39, 0.29) is 47.3 Å². The Balaban J connectivity index is 1.16. The molecule has 1 saturated carbocycles. The number of benzene rings is 3. The minimum atomic E-state index is -0.443. The Labute approximate surface area is 220 Å². The van der Waals surface area contributed by atoms with Crippen LogP contribution in [0.5, 0.6) is 0 Å². The lowest BCUT2D eigenvalue weighted by Crippen LogP contribution is -2.41. The zero-order chi connectivity index (χ0) is 25.7. The predicted octanol–water partition coefficient (Wildman–Crippen LogP) is 4.76. The lowest BCUT2D eigenvalue weighted by Gasteiger charge is -2.45. The lowest BCUT2D eigenvalue weighted by atomic mass is 9.55. The van der Waals surface area contributed by atoms with Crippen LogP contribution >= 0.6 is 0 Å². The third-order valence-electron chi connectivity index (χ3n) is 9.66. The van der Waals surface area contributed by atoms with Gasteiger partial charge in [0.1, 0.15) is 0 Å². The summed E-state index contributed by atoms with van der Waals surface area (Å²) in [5.41, 5.74) is 5.56. The molecule has 6 heteroatoms. The molecule has 0 radical (unpaired) electrons. The van der Waals surface area contributed by atoms with Gasteiger partial charge in [-0.1, -0.05) is 61.4 Å². The molecule has 4 aliphatic carbocycles. The first-order valence-electron chi connectivity index (χ1n) is 13.6. The Bertz CT molecular complexity index is 1420. The Morgan fingerprint density at radius 1 is 0.474 bits per heavy atom. The SMILES string of the molecule is O=C1[C@H]2CCCC[C@H]2C(=O)N1c1ccc(N2C(=O)[C@@H]3C4c5ccccc5C(c5ccccc54)[C@@H]3C2=O)cc1. The smallest absolute Gasteiger partial charge is 0.238 e. The second kappa shape index (κ2) is 7.73. The average molecular weight is 503 g/mol. The van der Waals surface area contributed by atoms with Crippen LogP contribution < -0.4 is 9.80 Å². The molecule has 4 amide bonds. The topological polar surface area (TPSA) is 74.8 Å². The van der Waals surface area contributed by atoms with Gasteiger partial charge in [0.05, 0.1) is 35.0 Å². The van der Waals surface area contributed by atoms with Crippen molar-refractivity contribution in [3.8, 4) is 0 Å². The Morgan fingerprint density at radius 3 is 1.18 bits per heavy atom. The standard InChI is InChI=1S/C32H26N2O4/c35-29-23-11-5-6-12-24(23)30(36)33(29)17-13-15-18(16-14-17)34-31(37)27-25-19-7-1-2-8-20(19)26(28(27)32(34)38)22-10-4-3-9-21(22)25/h1-4,7-10,13-16,23-28H,5-6,11-12H2/t23-,24+,25?,26?,27-,28+. The molecule has 4 atom stereocenters. The molecule has 6 nitrogen and oxygen atoms in total. The van der Waals surface area contributed by atoms with Crippen LogP contribution in [0.3, 0.4) is 0 Å². The van der Waals surface area contributed by atoms with Crippen molar-refractivity contribution in [2.24, 2.45) is 23.7 Å². The number of carbonyl (C=O) groups is 4. The first kappa shape index (κ1) is 22.0. The van der Waals surface area contributed by atoms with Crippen LogP contribution in [0.2, 0.25) is 0 Å². The highest BCUT2D eigenvalue weighted by Crippen LogP contribution is 2.61. The highest BCUT2D eigenvalue weighted by molar-refractivity contribution is 6.24. The maximum absolute atomic E-state index is 14.0. The first-order chi connectivity index (χ1) is 18.6. The molecule has 3 aromatic carbocycles. The van der Waals surface area contributed by atoms with E-state index in [1.54, 1.807) is 24.3 Å². The van der Waals surface area contributed by atoms with Crippen molar-refractivity contribution in [1.29, 1.82) is 0 Å². The number of imide groups is 2. The average Bonchev–Trinajstić information content (AvgIpc) is 3.38. The molecule has 9 rings (SSSR count). The molecule has 3 fully saturated rings. The molecule has 6 aliphatic rings. The van der Waals surface area contributed by atoms with Gasteiger partial charge in [-0.3, -0.25) is 24.1 Å². The number of hydrogen-bond acceptors (Lipinski definition) is 4. The van der Waals surface area contributed by atoms with Crippen LogP contribution in [-0.2, 0) is 19.2 Å². The molecule has 188 valence electrons. The molecule has 0 aromatic heterocycles. The van der Waals surface area contributed by atoms with Gasteiger partial charge in [-0.05, 0) is 59.4 Å². The Morgan fingerprint density at radius 2 is 0.816 bits per heavy atom. The fourth-order valence-electron chi connectivity index (χ4n) is 8.10. The highest BCUT2D eigenvalue weighted by atomic mass is 16.2. The second-order valence-electron chi connectivity index (χ2n) is 11.3. The summed E-state index contributed by atoms with van der Waals surface area (Å²) in [4.78, 5) is 56.7. The van der Waals surface area contributed by atoms with Crippen LogP contribution in [0, 0.1) is 23.7 Å². The van der Waals surface area contributed by atoms with E-state index < -0.39 is 11.8 Å². The molecule has 2 bridgehead atoms. The lowest BCUT2D eigenvalue weighted by molar-refractivity contribution is -0.124. The second-order valence-corrected chi connectivity index (χ2v) is 11.3. The normalized spacial score (nSPS) is 30.8. The molecule has 2 aliphatic heterocycles. The maximum atomic E-state index is 14.0.